The van der Waals surface area contributed by atoms with Crippen molar-refractivity contribution in [1.29, 1.82) is 0 Å². The first-order valence-corrected chi connectivity index (χ1v) is 6.59. The molecular formula is C16H21N3. The smallest absolute Gasteiger partial charge is 0.0938 e. The number of rotatable bonds is 1. The predicted molar refractivity (Wildman–Crippen MR) is 78.4 cm³/mol. The van der Waals surface area contributed by atoms with Crippen LogP contribution in [0.25, 0.3) is 11.3 Å². The van der Waals surface area contributed by atoms with Crippen LogP contribution in [0, 0.1) is 48.5 Å². The normalized spacial score (nSPS) is 10.9. The van der Waals surface area contributed by atoms with Crippen LogP contribution < -0.4 is 0 Å². The van der Waals surface area contributed by atoms with E-state index in [1.54, 1.807) is 0 Å². The molecule has 0 radical (unpaired) electrons. The quantitative estimate of drug-likeness (QED) is 0.780. The Hall–Kier alpha value is -1.77. The average Bonchev–Trinajstić information content (AvgIpc) is 2.33. The summed E-state index contributed by atoms with van der Waals surface area (Å²) in [4.78, 5) is 14.0. The molecule has 0 amide bonds. The van der Waals surface area contributed by atoms with Gasteiger partial charge in [-0.3, -0.25) is 9.97 Å². The van der Waals surface area contributed by atoms with Gasteiger partial charge in [0.1, 0.15) is 0 Å². The Kier molecular flexibility index (Phi) is 3.40. The van der Waals surface area contributed by atoms with E-state index in [1.807, 2.05) is 27.7 Å². The minimum atomic E-state index is 0.966. The first-order chi connectivity index (χ1) is 8.82. The van der Waals surface area contributed by atoms with Crippen molar-refractivity contribution in [2.75, 3.05) is 0 Å². The Morgan fingerprint density at radius 1 is 0.474 bits per heavy atom. The van der Waals surface area contributed by atoms with Crippen molar-refractivity contribution in [2.45, 2.75) is 48.5 Å². The first-order valence-electron chi connectivity index (χ1n) is 6.59. The highest BCUT2D eigenvalue weighted by Crippen LogP contribution is 2.30. The van der Waals surface area contributed by atoms with Gasteiger partial charge in [0.05, 0.1) is 22.8 Å². The molecule has 0 fully saturated rings. The van der Waals surface area contributed by atoms with Gasteiger partial charge in [-0.2, -0.15) is 0 Å². The molecule has 0 aromatic carbocycles. The van der Waals surface area contributed by atoms with Crippen LogP contribution in [0.4, 0.5) is 0 Å². The lowest BCUT2D eigenvalue weighted by Gasteiger charge is -2.16. The van der Waals surface area contributed by atoms with Gasteiger partial charge in [0.25, 0.3) is 0 Å². The van der Waals surface area contributed by atoms with E-state index in [1.165, 1.54) is 11.1 Å². The highest BCUT2D eigenvalue weighted by atomic mass is 14.8. The van der Waals surface area contributed by atoms with E-state index in [0.717, 1.165) is 39.7 Å². The third-order valence-corrected chi connectivity index (χ3v) is 3.90. The van der Waals surface area contributed by atoms with E-state index in [4.69, 9.17) is 4.98 Å². The maximum Gasteiger partial charge on any atom is 0.0938 e. The van der Waals surface area contributed by atoms with Crippen LogP contribution in [0.15, 0.2) is 0 Å². The van der Waals surface area contributed by atoms with E-state index >= 15 is 0 Å². The lowest BCUT2D eigenvalue weighted by molar-refractivity contribution is 0.993. The Bertz CT molecular complexity index is 658. The molecule has 0 saturated carbocycles. The van der Waals surface area contributed by atoms with Gasteiger partial charge in [0, 0.05) is 17.0 Å². The molecule has 3 nitrogen and oxygen atoms in total. The van der Waals surface area contributed by atoms with Crippen molar-refractivity contribution in [1.82, 2.24) is 15.0 Å². The molecule has 2 aromatic rings. The van der Waals surface area contributed by atoms with E-state index in [0.29, 0.717) is 0 Å². The number of hydrogen-bond acceptors (Lipinski definition) is 3. The molecule has 2 rings (SSSR count). The van der Waals surface area contributed by atoms with Crippen molar-refractivity contribution in [3.05, 3.63) is 39.6 Å². The molecular weight excluding hydrogens is 234 g/mol. The van der Waals surface area contributed by atoms with Crippen LogP contribution >= 0.6 is 0 Å². The molecule has 100 valence electrons. The molecule has 2 heterocycles. The summed E-state index contributed by atoms with van der Waals surface area (Å²) in [5, 5.41) is 0. The Morgan fingerprint density at radius 3 is 1.63 bits per heavy atom. The average molecular weight is 255 g/mol. The zero-order valence-electron chi connectivity index (χ0n) is 12.8. The summed E-state index contributed by atoms with van der Waals surface area (Å²) < 4.78 is 0. The maximum absolute atomic E-state index is 4.73. The number of hydrogen-bond donors (Lipinski definition) is 0. The van der Waals surface area contributed by atoms with Gasteiger partial charge in [-0.05, 0) is 59.6 Å². The number of aromatic nitrogens is 3. The van der Waals surface area contributed by atoms with Gasteiger partial charge in [0.2, 0.25) is 0 Å². The van der Waals surface area contributed by atoms with Crippen LogP contribution in [0.5, 0.6) is 0 Å². The minimum absolute atomic E-state index is 0.966. The topological polar surface area (TPSA) is 38.7 Å². The van der Waals surface area contributed by atoms with E-state index in [-0.39, 0.29) is 0 Å². The minimum Gasteiger partial charge on any atom is -0.257 e. The lowest BCUT2D eigenvalue weighted by Crippen LogP contribution is -2.05. The number of nitrogens with zero attached hydrogens (tertiary/aromatic N) is 3. The molecule has 0 saturated heterocycles. The van der Waals surface area contributed by atoms with Gasteiger partial charge in [0.15, 0.2) is 0 Å². The van der Waals surface area contributed by atoms with Gasteiger partial charge < -0.3 is 0 Å². The second-order valence-corrected chi connectivity index (χ2v) is 5.24. The van der Waals surface area contributed by atoms with Crippen LogP contribution in [0.3, 0.4) is 0 Å². The molecule has 2 aromatic heterocycles. The van der Waals surface area contributed by atoms with Crippen molar-refractivity contribution >= 4 is 0 Å². The number of aryl methyl sites for hydroxylation is 5. The summed E-state index contributed by atoms with van der Waals surface area (Å²) in [5.74, 6) is 0. The summed E-state index contributed by atoms with van der Waals surface area (Å²) in [6, 6.07) is 0. The molecule has 0 N–H and O–H groups in total. The summed E-state index contributed by atoms with van der Waals surface area (Å²) in [6.07, 6.45) is 0. The zero-order chi connectivity index (χ0) is 14.3. The third kappa shape index (κ3) is 2.25. The maximum atomic E-state index is 4.73. The molecule has 19 heavy (non-hydrogen) atoms. The van der Waals surface area contributed by atoms with E-state index in [9.17, 15) is 0 Å². The second kappa shape index (κ2) is 4.72. The van der Waals surface area contributed by atoms with Crippen molar-refractivity contribution in [3.8, 4) is 11.3 Å². The molecule has 0 spiro atoms. The fraction of sp³-hybridized carbons (Fsp3) is 0.438. The van der Waals surface area contributed by atoms with Crippen molar-refractivity contribution in [2.24, 2.45) is 0 Å². The first kappa shape index (κ1) is 13.7. The Labute approximate surface area is 115 Å². The Balaban J connectivity index is 2.80. The SMILES string of the molecule is Cc1nc(C)c(-c2c(C)nc(C)c(C)c2C)nc1C. The van der Waals surface area contributed by atoms with Gasteiger partial charge >= 0.3 is 0 Å². The zero-order valence-corrected chi connectivity index (χ0v) is 12.8. The third-order valence-electron chi connectivity index (χ3n) is 3.90. The molecule has 0 aliphatic carbocycles. The van der Waals surface area contributed by atoms with Gasteiger partial charge in [-0.1, -0.05) is 0 Å². The molecule has 0 aliphatic rings. The summed E-state index contributed by atoms with van der Waals surface area (Å²) in [6.45, 7) is 14.4. The van der Waals surface area contributed by atoms with Gasteiger partial charge in [-0.15, -0.1) is 0 Å². The predicted octanol–water partition coefficient (Wildman–Crippen LogP) is 3.70. The van der Waals surface area contributed by atoms with E-state index < -0.39 is 0 Å². The van der Waals surface area contributed by atoms with Crippen LogP contribution in [-0.4, -0.2) is 15.0 Å². The summed E-state index contributed by atoms with van der Waals surface area (Å²) >= 11 is 0. The van der Waals surface area contributed by atoms with Crippen molar-refractivity contribution in [3.63, 3.8) is 0 Å². The van der Waals surface area contributed by atoms with E-state index in [2.05, 4.69) is 30.7 Å². The Morgan fingerprint density at radius 2 is 1.00 bits per heavy atom. The fourth-order valence-electron chi connectivity index (χ4n) is 2.42. The van der Waals surface area contributed by atoms with Crippen LogP contribution in [0.2, 0.25) is 0 Å². The number of pyridine rings is 1. The lowest BCUT2D eigenvalue weighted by atomic mass is 9.97. The van der Waals surface area contributed by atoms with Crippen molar-refractivity contribution < 1.29 is 0 Å². The largest absolute Gasteiger partial charge is 0.257 e. The van der Waals surface area contributed by atoms with Crippen LogP contribution in [0.1, 0.15) is 39.6 Å². The monoisotopic (exact) mass is 255 g/mol. The molecule has 0 unspecified atom stereocenters. The summed E-state index contributed by atoms with van der Waals surface area (Å²) in [5.41, 5.74) is 9.66. The molecule has 0 aliphatic heterocycles. The standard InChI is InChI=1S/C16H21N3/c1-8-9(2)15(13(6)17-10(8)3)16-14(7)18-11(4)12(5)19-16/h1-7H3. The second-order valence-electron chi connectivity index (χ2n) is 5.24. The van der Waals surface area contributed by atoms with Crippen LogP contribution in [-0.2, 0) is 0 Å². The highest BCUT2D eigenvalue weighted by Gasteiger charge is 2.16. The highest BCUT2D eigenvalue weighted by molar-refractivity contribution is 5.69. The summed E-state index contributed by atoms with van der Waals surface area (Å²) in [7, 11) is 0. The molecule has 0 atom stereocenters. The van der Waals surface area contributed by atoms with Gasteiger partial charge in [-0.25, -0.2) is 4.98 Å². The molecule has 3 heteroatoms. The molecule has 0 bridgehead atoms. The fourth-order valence-corrected chi connectivity index (χ4v) is 2.42.